The lowest BCUT2D eigenvalue weighted by molar-refractivity contribution is -0.170. The fourth-order valence-electron chi connectivity index (χ4n) is 3.90. The molecule has 1 N–H and O–H groups in total. The van der Waals surface area contributed by atoms with Gasteiger partial charge in [0.15, 0.2) is 6.61 Å². The van der Waals surface area contributed by atoms with Gasteiger partial charge in [0.25, 0.3) is 5.91 Å². The van der Waals surface area contributed by atoms with Crippen molar-refractivity contribution in [1.82, 2.24) is 15.1 Å². The molecule has 0 saturated carbocycles. The second-order valence-electron chi connectivity index (χ2n) is 7.60. The molecule has 2 aliphatic heterocycles. The van der Waals surface area contributed by atoms with Crippen LogP contribution in [0.25, 0.3) is 0 Å². The third kappa shape index (κ3) is 4.27. The van der Waals surface area contributed by atoms with Crippen molar-refractivity contribution in [3.8, 4) is 5.75 Å². The summed E-state index contributed by atoms with van der Waals surface area (Å²) in [6, 6.07) is 16.6. The van der Waals surface area contributed by atoms with Gasteiger partial charge in [0, 0.05) is 13.5 Å². The van der Waals surface area contributed by atoms with E-state index in [0.29, 0.717) is 5.75 Å². The lowest BCUT2D eigenvalue weighted by Gasteiger charge is -2.43. The zero-order chi connectivity index (χ0) is 22.7. The van der Waals surface area contributed by atoms with Gasteiger partial charge in [-0.1, -0.05) is 48.5 Å². The molecular weight excluding hydrogens is 414 g/mol. The van der Waals surface area contributed by atoms with Crippen LogP contribution in [0.2, 0.25) is 0 Å². The molecule has 3 atom stereocenters. The summed E-state index contributed by atoms with van der Waals surface area (Å²) in [6.45, 7) is 1.25. The summed E-state index contributed by atoms with van der Waals surface area (Å²) < 4.78 is 10.8. The minimum absolute atomic E-state index is 0.0333. The van der Waals surface area contributed by atoms with Crippen LogP contribution in [0, 0.1) is 0 Å². The predicted octanol–water partition coefficient (Wildman–Crippen LogP) is 0.693. The van der Waals surface area contributed by atoms with E-state index in [2.05, 4.69) is 5.32 Å². The molecule has 2 unspecified atom stereocenters. The molecule has 32 heavy (non-hydrogen) atoms. The SMILES string of the molecule is CC(=O)N1CC2[C@@H](NC(=O)COc3ccccc3)C(=O)N2C1C(=O)OCc1ccccc1. The topological polar surface area (TPSA) is 105 Å². The third-order valence-electron chi connectivity index (χ3n) is 5.47. The van der Waals surface area contributed by atoms with Gasteiger partial charge >= 0.3 is 5.97 Å². The van der Waals surface area contributed by atoms with Gasteiger partial charge in [-0.15, -0.1) is 0 Å². The molecule has 2 aliphatic rings. The highest BCUT2D eigenvalue weighted by atomic mass is 16.5. The Bertz CT molecular complexity index is 1010. The first-order valence-electron chi connectivity index (χ1n) is 10.2. The summed E-state index contributed by atoms with van der Waals surface area (Å²) in [7, 11) is 0. The van der Waals surface area contributed by atoms with E-state index in [9.17, 15) is 19.2 Å². The zero-order valence-electron chi connectivity index (χ0n) is 17.5. The van der Waals surface area contributed by atoms with Crippen LogP contribution in [-0.4, -0.2) is 64.9 Å². The van der Waals surface area contributed by atoms with Crippen molar-refractivity contribution in [2.45, 2.75) is 31.8 Å². The van der Waals surface area contributed by atoms with E-state index in [1.54, 1.807) is 24.3 Å². The number of benzene rings is 2. The molecule has 0 radical (unpaired) electrons. The summed E-state index contributed by atoms with van der Waals surface area (Å²) in [4.78, 5) is 52.5. The van der Waals surface area contributed by atoms with E-state index >= 15 is 0 Å². The first-order chi connectivity index (χ1) is 15.5. The molecule has 0 bridgehead atoms. The van der Waals surface area contributed by atoms with Crippen LogP contribution >= 0.6 is 0 Å². The van der Waals surface area contributed by atoms with Crippen molar-refractivity contribution < 1.29 is 28.7 Å². The average Bonchev–Trinajstić information content (AvgIpc) is 3.18. The molecule has 166 valence electrons. The summed E-state index contributed by atoms with van der Waals surface area (Å²) in [5.41, 5.74) is 0.795. The summed E-state index contributed by atoms with van der Waals surface area (Å²) in [5.74, 6) is -1.40. The molecular formula is C23H23N3O6. The van der Waals surface area contributed by atoms with Gasteiger partial charge in [0.05, 0.1) is 6.04 Å². The van der Waals surface area contributed by atoms with Crippen LogP contribution in [0.1, 0.15) is 12.5 Å². The van der Waals surface area contributed by atoms with Crippen LogP contribution in [0.4, 0.5) is 0 Å². The molecule has 0 spiro atoms. The number of carbonyl (C=O) groups is 4. The second-order valence-corrected chi connectivity index (χ2v) is 7.60. The van der Waals surface area contributed by atoms with Gasteiger partial charge in [-0.2, -0.15) is 0 Å². The highest BCUT2D eigenvalue weighted by Crippen LogP contribution is 2.33. The van der Waals surface area contributed by atoms with E-state index in [-0.39, 0.29) is 25.7 Å². The Labute approximate surface area is 184 Å². The number of nitrogens with zero attached hydrogens (tertiary/aromatic N) is 2. The fourth-order valence-corrected chi connectivity index (χ4v) is 3.90. The van der Waals surface area contributed by atoms with Crippen molar-refractivity contribution in [1.29, 1.82) is 0 Å². The van der Waals surface area contributed by atoms with E-state index < -0.39 is 36.0 Å². The van der Waals surface area contributed by atoms with Gasteiger partial charge in [0.1, 0.15) is 18.4 Å². The number of carbonyl (C=O) groups excluding carboxylic acids is 4. The largest absolute Gasteiger partial charge is 0.484 e. The highest BCUT2D eigenvalue weighted by molar-refractivity contribution is 5.99. The molecule has 9 heteroatoms. The number of amides is 3. The zero-order valence-corrected chi connectivity index (χ0v) is 17.5. The monoisotopic (exact) mass is 437 g/mol. The van der Waals surface area contributed by atoms with Crippen LogP contribution in [0.15, 0.2) is 60.7 Å². The number of rotatable bonds is 7. The number of β-lactam (4-membered cyclic amide) rings is 1. The normalized spacial score (nSPS) is 21.4. The summed E-state index contributed by atoms with van der Waals surface area (Å²) >= 11 is 0. The number of fused-ring (bicyclic) bond motifs is 1. The lowest BCUT2D eigenvalue weighted by Crippen LogP contribution is -2.71. The fraction of sp³-hybridized carbons (Fsp3) is 0.304. The summed E-state index contributed by atoms with van der Waals surface area (Å²) in [5, 5.41) is 2.64. The number of hydrogen-bond acceptors (Lipinski definition) is 6. The Morgan fingerprint density at radius 3 is 2.34 bits per heavy atom. The maximum Gasteiger partial charge on any atom is 0.350 e. The number of esters is 1. The van der Waals surface area contributed by atoms with Crippen molar-refractivity contribution in [2.24, 2.45) is 0 Å². The molecule has 2 fully saturated rings. The van der Waals surface area contributed by atoms with Crippen LogP contribution < -0.4 is 10.1 Å². The second kappa shape index (κ2) is 9.09. The van der Waals surface area contributed by atoms with Gasteiger partial charge in [-0.05, 0) is 17.7 Å². The van der Waals surface area contributed by atoms with Crippen molar-refractivity contribution >= 4 is 23.7 Å². The van der Waals surface area contributed by atoms with Crippen LogP contribution in [0.3, 0.4) is 0 Å². The van der Waals surface area contributed by atoms with Crippen LogP contribution in [-0.2, 0) is 30.5 Å². The van der Waals surface area contributed by atoms with Gasteiger partial charge in [-0.3, -0.25) is 14.4 Å². The quantitative estimate of drug-likeness (QED) is 0.505. The Morgan fingerprint density at radius 1 is 1.03 bits per heavy atom. The van der Waals surface area contributed by atoms with E-state index in [1.165, 1.54) is 16.7 Å². The van der Waals surface area contributed by atoms with Gasteiger partial charge < -0.3 is 24.6 Å². The molecule has 0 aliphatic carbocycles. The predicted molar refractivity (Wildman–Crippen MR) is 112 cm³/mol. The van der Waals surface area contributed by atoms with E-state index in [4.69, 9.17) is 9.47 Å². The third-order valence-corrected chi connectivity index (χ3v) is 5.47. The highest BCUT2D eigenvalue weighted by Gasteiger charge is 2.60. The lowest BCUT2D eigenvalue weighted by atomic mass is 9.96. The van der Waals surface area contributed by atoms with E-state index in [1.807, 2.05) is 36.4 Å². The maximum absolute atomic E-state index is 12.7. The Morgan fingerprint density at radius 2 is 1.69 bits per heavy atom. The first kappa shape index (κ1) is 21.4. The van der Waals surface area contributed by atoms with Crippen LogP contribution in [0.5, 0.6) is 5.75 Å². The number of hydrogen-bond donors (Lipinski definition) is 1. The smallest absolute Gasteiger partial charge is 0.350 e. The Balaban J connectivity index is 1.37. The molecule has 3 amide bonds. The van der Waals surface area contributed by atoms with Crippen molar-refractivity contribution in [3.05, 3.63) is 66.2 Å². The number of ether oxygens (including phenoxy) is 2. The minimum atomic E-state index is -1.14. The molecule has 2 saturated heterocycles. The standard InChI is InChI=1S/C23H23N3O6/c1-15(27)25-12-18-20(24-19(28)14-31-17-10-6-3-7-11-17)22(29)26(18)21(25)23(30)32-13-16-8-4-2-5-9-16/h2-11,18,20-21H,12-14H2,1H3,(H,24,28)/t18?,20-,21?/m1/s1. The Hall–Kier alpha value is -3.88. The van der Waals surface area contributed by atoms with Gasteiger partial charge in [-0.25, -0.2) is 4.79 Å². The first-order valence-corrected chi connectivity index (χ1v) is 10.2. The summed E-state index contributed by atoms with van der Waals surface area (Å²) in [6.07, 6.45) is -1.14. The minimum Gasteiger partial charge on any atom is -0.484 e. The number of para-hydroxylation sites is 1. The molecule has 2 heterocycles. The average molecular weight is 437 g/mol. The molecule has 2 aromatic rings. The Kier molecular flexibility index (Phi) is 6.07. The van der Waals surface area contributed by atoms with Gasteiger partial charge in [0.2, 0.25) is 18.0 Å². The maximum atomic E-state index is 12.7. The molecule has 0 aromatic heterocycles. The number of nitrogens with one attached hydrogen (secondary N) is 1. The molecule has 4 rings (SSSR count). The van der Waals surface area contributed by atoms with Crippen molar-refractivity contribution in [3.63, 3.8) is 0 Å². The van der Waals surface area contributed by atoms with Crippen molar-refractivity contribution in [2.75, 3.05) is 13.2 Å². The molecule has 9 nitrogen and oxygen atoms in total. The van der Waals surface area contributed by atoms with E-state index in [0.717, 1.165) is 5.56 Å². The molecule has 2 aromatic carbocycles.